The number of fused-ring (bicyclic) bond motifs is 1. The van der Waals surface area contributed by atoms with Gasteiger partial charge in [0, 0.05) is 17.4 Å². The monoisotopic (exact) mass is 298 g/mol. The van der Waals surface area contributed by atoms with E-state index in [4.69, 9.17) is 0 Å². The van der Waals surface area contributed by atoms with E-state index in [0.29, 0.717) is 11.3 Å². The highest BCUT2D eigenvalue weighted by atomic mass is 19.1. The molecule has 114 valence electrons. The van der Waals surface area contributed by atoms with Gasteiger partial charge in [-0.15, -0.1) is 0 Å². The molecule has 1 N–H and O–H groups in total. The Morgan fingerprint density at radius 1 is 1.32 bits per heavy atom. The number of nitrogens with zero attached hydrogens (tertiary/aromatic N) is 1. The normalized spacial score (nSPS) is 16.5. The molecule has 0 spiro atoms. The molecule has 0 saturated heterocycles. The van der Waals surface area contributed by atoms with Crippen LogP contribution in [0.2, 0.25) is 0 Å². The third-order valence-electron chi connectivity index (χ3n) is 4.09. The lowest BCUT2D eigenvalue weighted by Crippen LogP contribution is -2.39. The maximum atomic E-state index is 13.5. The molecule has 1 amide bonds. The van der Waals surface area contributed by atoms with Crippen LogP contribution < -0.4 is 10.2 Å². The molecule has 0 radical (unpaired) electrons. The summed E-state index contributed by atoms with van der Waals surface area (Å²) in [6.07, 6.45) is 0.876. The molecule has 0 fully saturated rings. The number of anilines is 2. The van der Waals surface area contributed by atoms with Gasteiger partial charge in [0.25, 0.3) is 0 Å². The topological polar surface area (TPSA) is 32.3 Å². The number of benzene rings is 2. The van der Waals surface area contributed by atoms with Gasteiger partial charge in [-0.05, 0) is 49.6 Å². The Labute approximate surface area is 129 Å². The number of carbonyl (C=O) groups excluding carboxylic acids is 1. The number of hydrogen-bond donors (Lipinski definition) is 1. The highest BCUT2D eigenvalue weighted by Gasteiger charge is 2.30. The summed E-state index contributed by atoms with van der Waals surface area (Å²) in [5.74, 6) is -0.268. The molecule has 1 atom stereocenters. The number of halogens is 1. The minimum absolute atomic E-state index is 0.00145. The lowest BCUT2D eigenvalue weighted by Gasteiger charge is -2.23. The summed E-state index contributed by atoms with van der Waals surface area (Å²) in [5.41, 5.74) is 3.40. The van der Waals surface area contributed by atoms with Gasteiger partial charge >= 0.3 is 0 Å². The van der Waals surface area contributed by atoms with E-state index < -0.39 is 0 Å². The highest BCUT2D eigenvalue weighted by molar-refractivity contribution is 5.98. The predicted molar refractivity (Wildman–Crippen MR) is 86.7 cm³/mol. The maximum Gasteiger partial charge on any atom is 0.246 e. The van der Waals surface area contributed by atoms with Crippen LogP contribution in [0.25, 0.3) is 0 Å². The second kappa shape index (κ2) is 5.79. The van der Waals surface area contributed by atoms with E-state index in [1.807, 2.05) is 30.0 Å². The average Bonchev–Trinajstić information content (AvgIpc) is 2.84. The van der Waals surface area contributed by atoms with Gasteiger partial charge in [-0.1, -0.05) is 24.3 Å². The molecule has 1 heterocycles. The molecule has 2 aromatic carbocycles. The van der Waals surface area contributed by atoms with Crippen molar-refractivity contribution in [1.29, 1.82) is 0 Å². The fourth-order valence-corrected chi connectivity index (χ4v) is 2.91. The van der Waals surface area contributed by atoms with Gasteiger partial charge in [-0.25, -0.2) is 4.39 Å². The quantitative estimate of drug-likeness (QED) is 0.940. The van der Waals surface area contributed by atoms with Gasteiger partial charge in [0.15, 0.2) is 0 Å². The largest absolute Gasteiger partial charge is 0.376 e. The molecule has 3 rings (SSSR count). The van der Waals surface area contributed by atoms with Crippen LogP contribution in [0.1, 0.15) is 18.1 Å². The smallest absolute Gasteiger partial charge is 0.246 e. The van der Waals surface area contributed by atoms with Crippen LogP contribution in [0.3, 0.4) is 0 Å². The molecular weight excluding hydrogens is 279 g/mol. The van der Waals surface area contributed by atoms with Gasteiger partial charge in [0.05, 0.1) is 6.54 Å². The number of aryl methyl sites for hydroxylation is 1. The minimum Gasteiger partial charge on any atom is -0.376 e. The first-order valence-corrected chi connectivity index (χ1v) is 7.46. The number of rotatable bonds is 3. The standard InChI is InChI=1S/C18H19FN2O/c1-12-7-8-15(10-16(12)19)20-11-18(22)21-13(2)9-14-5-3-4-6-17(14)21/h3-8,10,13,20H,9,11H2,1-2H3/t13-/m0/s1. The Kier molecular flexibility index (Phi) is 3.84. The van der Waals surface area contributed by atoms with Crippen molar-refractivity contribution in [3.05, 3.63) is 59.4 Å². The van der Waals surface area contributed by atoms with Crippen molar-refractivity contribution in [2.75, 3.05) is 16.8 Å². The lowest BCUT2D eigenvalue weighted by molar-refractivity contribution is -0.117. The first kappa shape index (κ1) is 14.6. The molecule has 3 nitrogen and oxygen atoms in total. The van der Waals surface area contributed by atoms with Gasteiger partial charge in [0.1, 0.15) is 5.82 Å². The number of amides is 1. The van der Waals surface area contributed by atoms with Gasteiger partial charge in [-0.2, -0.15) is 0 Å². The van der Waals surface area contributed by atoms with Crippen LogP contribution in [-0.2, 0) is 11.2 Å². The Morgan fingerprint density at radius 3 is 2.86 bits per heavy atom. The molecule has 4 heteroatoms. The van der Waals surface area contributed by atoms with Crippen molar-refractivity contribution in [2.24, 2.45) is 0 Å². The number of hydrogen-bond acceptors (Lipinski definition) is 2. The molecule has 0 aromatic heterocycles. The molecular formula is C18H19FN2O. The number of nitrogens with one attached hydrogen (secondary N) is 1. The van der Waals surface area contributed by atoms with Crippen LogP contribution in [0, 0.1) is 12.7 Å². The molecule has 0 aliphatic carbocycles. The molecule has 22 heavy (non-hydrogen) atoms. The van der Waals surface area contributed by atoms with Crippen LogP contribution >= 0.6 is 0 Å². The Bertz CT molecular complexity index is 714. The first-order chi connectivity index (χ1) is 10.6. The summed E-state index contributed by atoms with van der Waals surface area (Å²) >= 11 is 0. The van der Waals surface area contributed by atoms with Crippen LogP contribution in [0.4, 0.5) is 15.8 Å². The van der Waals surface area contributed by atoms with E-state index in [-0.39, 0.29) is 24.3 Å². The summed E-state index contributed by atoms with van der Waals surface area (Å²) in [6, 6.07) is 13.0. The molecule has 1 aliphatic rings. The lowest BCUT2D eigenvalue weighted by atomic mass is 10.1. The highest BCUT2D eigenvalue weighted by Crippen LogP contribution is 2.31. The van der Waals surface area contributed by atoms with E-state index in [9.17, 15) is 9.18 Å². The van der Waals surface area contributed by atoms with E-state index in [1.165, 1.54) is 11.6 Å². The summed E-state index contributed by atoms with van der Waals surface area (Å²) < 4.78 is 13.5. The van der Waals surface area contributed by atoms with Crippen molar-refractivity contribution in [2.45, 2.75) is 26.3 Å². The Hall–Kier alpha value is -2.36. The molecule has 0 bridgehead atoms. The summed E-state index contributed by atoms with van der Waals surface area (Å²) in [6.45, 7) is 3.91. The second-order valence-corrected chi connectivity index (χ2v) is 5.76. The van der Waals surface area contributed by atoms with Crippen LogP contribution in [-0.4, -0.2) is 18.5 Å². The van der Waals surface area contributed by atoms with Crippen molar-refractivity contribution in [1.82, 2.24) is 0 Å². The summed E-state index contributed by atoms with van der Waals surface area (Å²) in [7, 11) is 0. The number of para-hydroxylation sites is 1. The van der Waals surface area contributed by atoms with E-state index in [0.717, 1.165) is 12.1 Å². The summed E-state index contributed by atoms with van der Waals surface area (Å²) in [4.78, 5) is 14.3. The van der Waals surface area contributed by atoms with Crippen molar-refractivity contribution < 1.29 is 9.18 Å². The number of carbonyl (C=O) groups is 1. The zero-order chi connectivity index (χ0) is 15.7. The van der Waals surface area contributed by atoms with E-state index >= 15 is 0 Å². The van der Waals surface area contributed by atoms with Crippen LogP contribution in [0.5, 0.6) is 0 Å². The third kappa shape index (κ3) is 2.69. The van der Waals surface area contributed by atoms with E-state index in [1.54, 1.807) is 19.1 Å². The van der Waals surface area contributed by atoms with Gasteiger partial charge < -0.3 is 10.2 Å². The zero-order valence-corrected chi connectivity index (χ0v) is 12.8. The Morgan fingerprint density at radius 2 is 2.09 bits per heavy atom. The van der Waals surface area contributed by atoms with E-state index in [2.05, 4.69) is 11.4 Å². The Balaban J connectivity index is 1.71. The zero-order valence-electron chi connectivity index (χ0n) is 12.8. The maximum absolute atomic E-state index is 13.5. The van der Waals surface area contributed by atoms with Crippen molar-refractivity contribution in [3.63, 3.8) is 0 Å². The predicted octanol–water partition coefficient (Wildman–Crippen LogP) is 3.52. The molecule has 0 saturated carbocycles. The van der Waals surface area contributed by atoms with Gasteiger partial charge in [-0.3, -0.25) is 4.79 Å². The van der Waals surface area contributed by atoms with Gasteiger partial charge in [0.2, 0.25) is 5.91 Å². The third-order valence-corrected chi connectivity index (χ3v) is 4.09. The first-order valence-electron chi connectivity index (χ1n) is 7.46. The molecule has 0 unspecified atom stereocenters. The average molecular weight is 298 g/mol. The molecule has 2 aromatic rings. The van der Waals surface area contributed by atoms with Crippen molar-refractivity contribution >= 4 is 17.3 Å². The SMILES string of the molecule is Cc1ccc(NCC(=O)N2c3ccccc3C[C@@H]2C)cc1F. The minimum atomic E-state index is -0.266. The second-order valence-electron chi connectivity index (χ2n) is 5.76. The molecule has 1 aliphatic heterocycles. The van der Waals surface area contributed by atoms with Crippen LogP contribution in [0.15, 0.2) is 42.5 Å². The summed E-state index contributed by atoms with van der Waals surface area (Å²) in [5, 5.41) is 3.01. The van der Waals surface area contributed by atoms with Crippen molar-refractivity contribution in [3.8, 4) is 0 Å². The fourth-order valence-electron chi connectivity index (χ4n) is 2.91. The fraction of sp³-hybridized carbons (Fsp3) is 0.278.